The van der Waals surface area contributed by atoms with E-state index in [-0.39, 0.29) is 29.4 Å². The molecule has 0 spiro atoms. The van der Waals surface area contributed by atoms with Crippen LogP contribution in [0.25, 0.3) is 32.6 Å². The van der Waals surface area contributed by atoms with Crippen molar-refractivity contribution in [2.45, 2.75) is 109 Å². The van der Waals surface area contributed by atoms with E-state index in [4.69, 9.17) is 14.5 Å². The first-order valence-corrected chi connectivity index (χ1v) is 16.4. The predicted octanol–water partition coefficient (Wildman–Crippen LogP) is 6.83. The minimum absolute atomic E-state index is 0.00502. The number of carbonyl (C=O) groups excluding carboxylic acids is 1. The van der Waals surface area contributed by atoms with Crippen LogP contribution in [0.3, 0.4) is 0 Å². The van der Waals surface area contributed by atoms with Crippen LogP contribution < -0.4 is 5.32 Å². The molecule has 0 radical (unpaired) electrons. The van der Waals surface area contributed by atoms with Crippen molar-refractivity contribution in [1.29, 1.82) is 0 Å². The van der Waals surface area contributed by atoms with Gasteiger partial charge in [0.15, 0.2) is 0 Å². The van der Waals surface area contributed by atoms with Gasteiger partial charge in [-0.1, -0.05) is 12.1 Å². The van der Waals surface area contributed by atoms with Gasteiger partial charge in [-0.25, -0.2) is 19.4 Å². The summed E-state index contributed by atoms with van der Waals surface area (Å²) in [5.41, 5.74) is 5.35. The molecular weight excluding hydrogens is 576 g/mol. The largest absolute Gasteiger partial charge is 0.444 e. The number of thiazole rings is 1. The second-order valence-electron chi connectivity index (χ2n) is 13.9. The Balaban J connectivity index is 1.07. The van der Waals surface area contributed by atoms with Gasteiger partial charge in [-0.3, -0.25) is 4.90 Å². The molecule has 1 N–H and O–H groups in total. The normalized spacial score (nSPS) is 27.1. The Morgan fingerprint density at radius 1 is 1.07 bits per heavy atom. The Kier molecular flexibility index (Phi) is 7.12. The number of nitrogens with one attached hydrogen (secondary N) is 1. The summed E-state index contributed by atoms with van der Waals surface area (Å²) >= 11 is 1.58. The number of carbonyl (C=O) groups is 1. The Morgan fingerprint density at radius 2 is 1.84 bits per heavy atom. The summed E-state index contributed by atoms with van der Waals surface area (Å²) < 4.78 is 14.7. The molecule has 4 aromatic rings. The van der Waals surface area contributed by atoms with E-state index in [1.807, 2.05) is 42.1 Å². The van der Waals surface area contributed by atoms with Crippen molar-refractivity contribution >= 4 is 33.6 Å². The zero-order valence-corrected chi connectivity index (χ0v) is 26.9. The first-order valence-electron chi connectivity index (χ1n) is 15.5. The van der Waals surface area contributed by atoms with Gasteiger partial charge in [0.05, 0.1) is 28.1 Å². The average Bonchev–Trinajstić information content (AvgIpc) is 3.70. The zero-order chi connectivity index (χ0) is 30.7. The fraction of sp³-hybridized carbons (Fsp3) is 0.562. The van der Waals surface area contributed by atoms with E-state index >= 15 is 0 Å². The van der Waals surface area contributed by atoms with Gasteiger partial charge in [-0.05, 0) is 79.6 Å². The molecule has 7 rings (SSSR count). The van der Waals surface area contributed by atoms with Crippen molar-refractivity contribution in [3.8, 4) is 22.4 Å². The molecule has 3 aromatic heterocycles. The fourth-order valence-corrected chi connectivity index (χ4v) is 8.22. The Labute approximate surface area is 261 Å². The highest BCUT2D eigenvalue weighted by Crippen LogP contribution is 2.51. The summed E-state index contributed by atoms with van der Waals surface area (Å²) in [5, 5.41) is 17.2. The number of aromatic nitrogens is 6. The van der Waals surface area contributed by atoms with Crippen LogP contribution in [0.4, 0.5) is 10.7 Å². The molecule has 3 aliphatic rings. The molecule has 3 unspecified atom stereocenters. The number of amides is 1. The van der Waals surface area contributed by atoms with Crippen LogP contribution in [-0.2, 0) is 9.47 Å². The van der Waals surface area contributed by atoms with Gasteiger partial charge in [-0.15, -0.1) is 21.5 Å². The molecule has 44 heavy (non-hydrogen) atoms. The third-order valence-electron chi connectivity index (χ3n) is 9.25. The van der Waals surface area contributed by atoms with Crippen LogP contribution >= 0.6 is 11.3 Å². The number of rotatable bonds is 5. The van der Waals surface area contributed by atoms with Crippen LogP contribution in [0, 0.1) is 0 Å². The van der Waals surface area contributed by atoms with E-state index in [9.17, 15) is 4.79 Å². The van der Waals surface area contributed by atoms with Crippen molar-refractivity contribution in [3.63, 3.8) is 0 Å². The molecule has 0 aliphatic carbocycles. The molecule has 3 saturated heterocycles. The number of fused-ring (bicyclic) bond motifs is 3. The van der Waals surface area contributed by atoms with Crippen LogP contribution in [-0.4, -0.2) is 70.3 Å². The smallest absolute Gasteiger partial charge is 0.411 e. The number of piperidine rings is 1. The molecule has 1 aromatic carbocycles. The number of nitrogens with zero attached hydrogens (tertiary/aromatic N) is 7. The second kappa shape index (κ2) is 10.8. The maximum atomic E-state index is 13.2. The van der Waals surface area contributed by atoms with Crippen LogP contribution in [0.15, 0.2) is 36.2 Å². The fourth-order valence-electron chi connectivity index (χ4n) is 7.38. The summed E-state index contributed by atoms with van der Waals surface area (Å²) in [6.45, 7) is 10.8. The summed E-state index contributed by atoms with van der Waals surface area (Å²) in [4.78, 5) is 24.6. The van der Waals surface area contributed by atoms with Crippen molar-refractivity contribution in [2.75, 3.05) is 11.9 Å². The molecule has 3 atom stereocenters. The van der Waals surface area contributed by atoms with Crippen molar-refractivity contribution in [2.24, 2.45) is 0 Å². The molecule has 232 valence electrons. The van der Waals surface area contributed by atoms with E-state index in [1.165, 1.54) is 0 Å². The Bertz CT molecular complexity index is 1650. The second-order valence-corrected chi connectivity index (χ2v) is 14.8. The molecule has 3 fully saturated rings. The quantitative estimate of drug-likeness (QED) is 0.257. The van der Waals surface area contributed by atoms with Gasteiger partial charge in [0.1, 0.15) is 17.5 Å². The summed E-state index contributed by atoms with van der Waals surface area (Å²) in [6.07, 6.45) is 12.2. The van der Waals surface area contributed by atoms with E-state index in [2.05, 4.69) is 57.8 Å². The minimum atomic E-state index is -0.530. The molecule has 0 saturated carbocycles. The van der Waals surface area contributed by atoms with Crippen LogP contribution in [0.2, 0.25) is 0 Å². The topological polar surface area (TPSA) is 120 Å². The SMILES string of the molecule is CC(C)(C)OC(=O)N1C2(C)CCC1(C)CC(Nc1ncc(-c3ccc(-c4cnn(C5CCCCO5)c4)c4ncsc34)nn1)C2. The zero-order valence-electron chi connectivity index (χ0n) is 26.0. The van der Waals surface area contributed by atoms with Gasteiger partial charge in [0.25, 0.3) is 0 Å². The van der Waals surface area contributed by atoms with Crippen LogP contribution in [0.1, 0.15) is 85.8 Å². The van der Waals surface area contributed by atoms with Crippen molar-refractivity contribution in [1.82, 2.24) is 34.8 Å². The molecule has 2 bridgehead atoms. The lowest BCUT2D eigenvalue weighted by Gasteiger charge is -2.50. The molecule has 3 aliphatic heterocycles. The van der Waals surface area contributed by atoms with Gasteiger partial charge < -0.3 is 14.8 Å². The molecule has 12 heteroatoms. The average molecular weight is 617 g/mol. The maximum Gasteiger partial charge on any atom is 0.411 e. The van der Waals surface area contributed by atoms with E-state index in [0.717, 1.165) is 78.5 Å². The van der Waals surface area contributed by atoms with Crippen LogP contribution in [0.5, 0.6) is 0 Å². The molecular formula is C32H40N8O3S. The van der Waals surface area contributed by atoms with Crippen molar-refractivity contribution < 1.29 is 14.3 Å². The summed E-state index contributed by atoms with van der Waals surface area (Å²) in [6, 6.07) is 4.25. The Morgan fingerprint density at radius 3 is 2.52 bits per heavy atom. The highest BCUT2D eigenvalue weighted by atomic mass is 32.1. The lowest BCUT2D eigenvalue weighted by atomic mass is 9.82. The van der Waals surface area contributed by atoms with E-state index in [0.29, 0.717) is 11.6 Å². The van der Waals surface area contributed by atoms with Gasteiger partial charge in [-0.2, -0.15) is 5.10 Å². The van der Waals surface area contributed by atoms with E-state index < -0.39 is 5.60 Å². The van der Waals surface area contributed by atoms with Gasteiger partial charge in [0.2, 0.25) is 5.95 Å². The molecule has 6 heterocycles. The lowest BCUT2D eigenvalue weighted by molar-refractivity contribution is -0.0394. The Hall–Kier alpha value is -3.64. The molecule has 1 amide bonds. The third-order valence-corrected chi connectivity index (χ3v) is 10.1. The predicted molar refractivity (Wildman–Crippen MR) is 169 cm³/mol. The monoisotopic (exact) mass is 616 g/mol. The lowest BCUT2D eigenvalue weighted by Crippen LogP contribution is -2.62. The first kappa shape index (κ1) is 29.1. The van der Waals surface area contributed by atoms with Crippen molar-refractivity contribution in [3.05, 3.63) is 36.2 Å². The summed E-state index contributed by atoms with van der Waals surface area (Å²) in [7, 11) is 0. The number of benzene rings is 1. The first-order chi connectivity index (χ1) is 21.0. The van der Waals surface area contributed by atoms with Gasteiger partial charge in [0, 0.05) is 46.6 Å². The maximum absolute atomic E-state index is 13.2. The van der Waals surface area contributed by atoms with Gasteiger partial charge >= 0.3 is 6.09 Å². The number of anilines is 1. The standard InChI is InChI=1S/C32H40N8O3S/c1-30(2,3)43-29(41)40-31(4)11-12-32(40,5)15-21(14-31)36-28-33-17-24(37-38-28)23-10-9-22(26-27(23)44-19-34-26)20-16-35-39(18-20)25-8-6-7-13-42-25/h9-10,16-19,21,25H,6-8,11-15H2,1-5H3,(H,33,36,38). The highest BCUT2D eigenvalue weighted by Gasteiger charge is 2.58. The summed E-state index contributed by atoms with van der Waals surface area (Å²) in [5.74, 6) is 0.491. The number of ether oxygens (including phenoxy) is 2. The number of hydrogen-bond donors (Lipinski definition) is 1. The third kappa shape index (κ3) is 5.32. The van der Waals surface area contributed by atoms with E-state index in [1.54, 1.807) is 17.5 Å². The minimum Gasteiger partial charge on any atom is -0.444 e. The highest BCUT2D eigenvalue weighted by molar-refractivity contribution is 7.17. The molecule has 11 nitrogen and oxygen atoms in total. The number of hydrogen-bond acceptors (Lipinski definition) is 10.